The molecule has 7 heteroatoms. The lowest BCUT2D eigenvalue weighted by molar-refractivity contribution is 0.00889. The summed E-state index contributed by atoms with van der Waals surface area (Å²) in [7, 11) is 0. The van der Waals surface area contributed by atoms with Gasteiger partial charge < -0.3 is 19.3 Å². The molecule has 0 saturated heterocycles. The summed E-state index contributed by atoms with van der Waals surface area (Å²) >= 11 is 0. The van der Waals surface area contributed by atoms with Gasteiger partial charge in [0.25, 0.3) is 0 Å². The topological polar surface area (TPSA) is 96.7 Å². The standard InChI is InChI=1S/C8H17N3O4.CH4/c9-11-10-1-3-13-5-7-15-8-6-14-4-2-12;/h12H,1-8H2;1H4. The summed E-state index contributed by atoms with van der Waals surface area (Å²) in [5.74, 6) is 0. The lowest BCUT2D eigenvalue weighted by atomic mass is 10.7. The molecular formula is C9H21N3O4. The Kier molecular flexibility index (Phi) is 18.2. The van der Waals surface area contributed by atoms with Crippen molar-refractivity contribution in [3.63, 3.8) is 0 Å². The quantitative estimate of drug-likeness (QED) is 0.250. The van der Waals surface area contributed by atoms with Crippen LogP contribution in [0.2, 0.25) is 0 Å². The van der Waals surface area contributed by atoms with Gasteiger partial charge >= 0.3 is 0 Å². The van der Waals surface area contributed by atoms with Crippen molar-refractivity contribution in [1.82, 2.24) is 0 Å². The molecule has 0 aromatic heterocycles. The van der Waals surface area contributed by atoms with Crippen LogP contribution in [0.15, 0.2) is 5.11 Å². The average Bonchev–Trinajstić information content (AvgIpc) is 2.26. The van der Waals surface area contributed by atoms with Crippen LogP contribution < -0.4 is 0 Å². The van der Waals surface area contributed by atoms with Gasteiger partial charge in [-0.25, -0.2) is 0 Å². The van der Waals surface area contributed by atoms with Gasteiger partial charge in [0.1, 0.15) is 0 Å². The van der Waals surface area contributed by atoms with E-state index in [1.165, 1.54) is 0 Å². The Morgan fingerprint density at radius 2 is 1.44 bits per heavy atom. The Balaban J connectivity index is 0. The molecule has 0 aliphatic heterocycles. The molecule has 0 heterocycles. The lowest BCUT2D eigenvalue weighted by Crippen LogP contribution is -2.11. The predicted molar refractivity (Wildman–Crippen MR) is 60.3 cm³/mol. The van der Waals surface area contributed by atoms with E-state index < -0.39 is 0 Å². The Morgan fingerprint density at radius 1 is 0.938 bits per heavy atom. The van der Waals surface area contributed by atoms with Crippen molar-refractivity contribution in [2.45, 2.75) is 7.43 Å². The molecule has 1 N–H and O–H groups in total. The molecule has 0 aliphatic rings. The fourth-order valence-electron chi connectivity index (χ4n) is 0.757. The molecule has 0 fully saturated rings. The predicted octanol–water partition coefficient (Wildman–Crippen LogP) is 0.975. The lowest BCUT2D eigenvalue weighted by Gasteiger charge is -2.04. The molecule has 0 radical (unpaired) electrons. The normalized spacial score (nSPS) is 9.31. The first-order valence-corrected chi connectivity index (χ1v) is 4.76. The third-order valence-electron chi connectivity index (χ3n) is 1.38. The maximum atomic E-state index is 8.39. The number of ether oxygens (including phenoxy) is 3. The first-order valence-electron chi connectivity index (χ1n) is 4.76. The Labute approximate surface area is 95.9 Å². The number of hydrogen-bond acceptors (Lipinski definition) is 5. The smallest absolute Gasteiger partial charge is 0.0701 e. The van der Waals surface area contributed by atoms with E-state index in [1.807, 2.05) is 0 Å². The molecule has 0 amide bonds. The zero-order valence-corrected chi connectivity index (χ0v) is 8.67. The average molecular weight is 235 g/mol. The molecule has 96 valence electrons. The van der Waals surface area contributed by atoms with Gasteiger partial charge in [-0.2, -0.15) is 0 Å². The second kappa shape index (κ2) is 16.6. The molecule has 0 aliphatic carbocycles. The van der Waals surface area contributed by atoms with Crippen molar-refractivity contribution in [2.75, 3.05) is 52.8 Å². The molecule has 0 aromatic carbocycles. The highest BCUT2D eigenvalue weighted by atomic mass is 16.5. The van der Waals surface area contributed by atoms with E-state index in [0.29, 0.717) is 46.2 Å². The molecule has 0 bridgehead atoms. The Bertz CT molecular complexity index is 174. The minimum Gasteiger partial charge on any atom is -0.394 e. The van der Waals surface area contributed by atoms with Gasteiger partial charge in [-0.05, 0) is 5.53 Å². The van der Waals surface area contributed by atoms with Crippen molar-refractivity contribution in [3.8, 4) is 0 Å². The summed E-state index contributed by atoms with van der Waals surface area (Å²) in [5.41, 5.74) is 7.96. The van der Waals surface area contributed by atoms with Gasteiger partial charge in [-0.3, -0.25) is 0 Å². The highest BCUT2D eigenvalue weighted by molar-refractivity contribution is 4.44. The van der Waals surface area contributed by atoms with E-state index in [2.05, 4.69) is 10.0 Å². The highest BCUT2D eigenvalue weighted by Gasteiger charge is 1.90. The van der Waals surface area contributed by atoms with Crippen LogP contribution in [0.5, 0.6) is 0 Å². The number of rotatable bonds is 11. The summed E-state index contributed by atoms with van der Waals surface area (Å²) in [4.78, 5) is 2.59. The van der Waals surface area contributed by atoms with Crippen LogP contribution in [-0.2, 0) is 14.2 Å². The Morgan fingerprint density at radius 3 is 1.94 bits per heavy atom. The van der Waals surface area contributed by atoms with Crippen molar-refractivity contribution < 1.29 is 19.3 Å². The molecular weight excluding hydrogens is 214 g/mol. The van der Waals surface area contributed by atoms with Gasteiger partial charge in [-0.15, -0.1) is 0 Å². The van der Waals surface area contributed by atoms with Crippen molar-refractivity contribution in [1.29, 1.82) is 0 Å². The molecule has 0 saturated carbocycles. The van der Waals surface area contributed by atoms with Crippen LogP contribution in [0.25, 0.3) is 10.4 Å². The number of hydrogen-bond donors (Lipinski definition) is 1. The van der Waals surface area contributed by atoms with Gasteiger partial charge in [0.15, 0.2) is 0 Å². The van der Waals surface area contributed by atoms with Crippen LogP contribution in [0.4, 0.5) is 0 Å². The minimum absolute atomic E-state index is 0. The maximum Gasteiger partial charge on any atom is 0.0701 e. The van der Waals surface area contributed by atoms with Crippen molar-refractivity contribution >= 4 is 0 Å². The molecule has 0 rings (SSSR count). The van der Waals surface area contributed by atoms with E-state index in [-0.39, 0.29) is 14.0 Å². The third kappa shape index (κ3) is 15.6. The molecule has 0 aromatic rings. The monoisotopic (exact) mass is 235 g/mol. The minimum atomic E-state index is 0. The SMILES string of the molecule is C.[N-]=[N+]=NCCOCCOCCOCCO. The van der Waals surface area contributed by atoms with Gasteiger partial charge in [0.05, 0.1) is 46.2 Å². The summed E-state index contributed by atoms with van der Waals surface area (Å²) in [6.07, 6.45) is 0. The second-order valence-corrected chi connectivity index (χ2v) is 2.52. The molecule has 0 spiro atoms. The van der Waals surface area contributed by atoms with Crippen LogP contribution in [0.1, 0.15) is 7.43 Å². The fourth-order valence-corrected chi connectivity index (χ4v) is 0.757. The first-order chi connectivity index (χ1) is 7.41. The van der Waals surface area contributed by atoms with Crippen LogP contribution >= 0.6 is 0 Å². The van der Waals surface area contributed by atoms with Crippen molar-refractivity contribution in [3.05, 3.63) is 10.4 Å². The summed E-state index contributed by atoms with van der Waals surface area (Å²) in [5, 5.41) is 11.7. The number of aliphatic hydroxyl groups is 1. The number of nitrogens with zero attached hydrogens (tertiary/aromatic N) is 3. The fraction of sp³-hybridized carbons (Fsp3) is 1.00. The molecule has 0 unspecified atom stereocenters. The van der Waals surface area contributed by atoms with Crippen LogP contribution in [0.3, 0.4) is 0 Å². The summed E-state index contributed by atoms with van der Waals surface area (Å²) < 4.78 is 15.2. The van der Waals surface area contributed by atoms with E-state index in [4.69, 9.17) is 24.8 Å². The maximum absolute atomic E-state index is 8.39. The first kappa shape index (κ1) is 17.5. The molecule has 7 nitrogen and oxygen atoms in total. The zero-order chi connectivity index (χ0) is 11.2. The van der Waals surface area contributed by atoms with Crippen LogP contribution in [0, 0.1) is 0 Å². The van der Waals surface area contributed by atoms with E-state index in [0.717, 1.165) is 0 Å². The zero-order valence-electron chi connectivity index (χ0n) is 8.67. The van der Waals surface area contributed by atoms with Gasteiger partial charge in [0, 0.05) is 11.5 Å². The second-order valence-electron chi connectivity index (χ2n) is 2.52. The molecule has 16 heavy (non-hydrogen) atoms. The van der Waals surface area contributed by atoms with E-state index in [1.54, 1.807) is 0 Å². The summed E-state index contributed by atoms with van der Waals surface area (Å²) in [6, 6.07) is 0. The van der Waals surface area contributed by atoms with Crippen LogP contribution in [-0.4, -0.2) is 57.9 Å². The van der Waals surface area contributed by atoms with E-state index >= 15 is 0 Å². The third-order valence-corrected chi connectivity index (χ3v) is 1.38. The van der Waals surface area contributed by atoms with Crippen molar-refractivity contribution in [2.24, 2.45) is 5.11 Å². The van der Waals surface area contributed by atoms with Gasteiger partial charge in [0.2, 0.25) is 0 Å². The van der Waals surface area contributed by atoms with Gasteiger partial charge in [-0.1, -0.05) is 12.5 Å². The number of aliphatic hydroxyl groups excluding tert-OH is 1. The van der Waals surface area contributed by atoms with E-state index in [9.17, 15) is 0 Å². The summed E-state index contributed by atoms with van der Waals surface area (Å²) in [6.45, 7) is 3.04. The highest BCUT2D eigenvalue weighted by Crippen LogP contribution is 1.81. The molecule has 0 atom stereocenters. The largest absolute Gasteiger partial charge is 0.394 e. The number of azide groups is 1. The Hall–Kier alpha value is -0.850.